The Kier molecular flexibility index (Phi) is 7.64. The Balaban J connectivity index is 2.45. The first-order chi connectivity index (χ1) is 13.5. The topological polar surface area (TPSA) is 58.6 Å². The molecule has 0 aliphatic carbocycles. The van der Waals surface area contributed by atoms with E-state index in [1.807, 2.05) is 32.2 Å². The van der Waals surface area contributed by atoms with E-state index in [-0.39, 0.29) is 11.5 Å². The normalized spacial score (nSPS) is 10.6. The van der Waals surface area contributed by atoms with Crippen LogP contribution in [0.15, 0.2) is 61.7 Å². The molecule has 0 atom stereocenters. The maximum atomic E-state index is 12.5. The standard InChI is InChI=1S/C24H27NO3/c1-5-8-18-16-19(24(28-7-3)21(9-6-2)23(18)27)12-15-22(26)17-10-13-20(25-4)14-11-17/h5-6,10-16,25,27H,1-2,7-9H2,3-4H3/b15-12+. The van der Waals surface area contributed by atoms with Gasteiger partial charge in [-0.1, -0.05) is 12.2 Å². The Hall–Kier alpha value is -3.27. The number of carbonyl (C=O) groups is 1. The van der Waals surface area contributed by atoms with Gasteiger partial charge in [-0.25, -0.2) is 0 Å². The molecule has 2 N–H and O–H groups in total. The van der Waals surface area contributed by atoms with Crippen molar-refractivity contribution >= 4 is 17.5 Å². The molecule has 0 amide bonds. The summed E-state index contributed by atoms with van der Waals surface area (Å²) in [6.07, 6.45) is 7.69. The van der Waals surface area contributed by atoms with Crippen molar-refractivity contribution in [3.63, 3.8) is 0 Å². The van der Waals surface area contributed by atoms with Crippen molar-refractivity contribution in [1.82, 2.24) is 0 Å². The van der Waals surface area contributed by atoms with Gasteiger partial charge < -0.3 is 15.2 Å². The molecule has 2 rings (SSSR count). The lowest BCUT2D eigenvalue weighted by atomic mass is 9.97. The highest BCUT2D eigenvalue weighted by molar-refractivity contribution is 6.07. The van der Waals surface area contributed by atoms with E-state index < -0.39 is 0 Å². The number of anilines is 1. The van der Waals surface area contributed by atoms with Crippen molar-refractivity contribution in [2.24, 2.45) is 0 Å². The average Bonchev–Trinajstić information content (AvgIpc) is 2.71. The van der Waals surface area contributed by atoms with Gasteiger partial charge in [0.2, 0.25) is 0 Å². The van der Waals surface area contributed by atoms with E-state index in [0.717, 1.165) is 16.8 Å². The Morgan fingerprint density at radius 1 is 1.18 bits per heavy atom. The maximum Gasteiger partial charge on any atom is 0.185 e. The first-order valence-electron chi connectivity index (χ1n) is 9.28. The fourth-order valence-electron chi connectivity index (χ4n) is 2.94. The third-order valence-corrected chi connectivity index (χ3v) is 4.33. The molecule has 0 saturated carbocycles. The molecule has 0 unspecified atom stereocenters. The first-order valence-corrected chi connectivity index (χ1v) is 9.28. The summed E-state index contributed by atoms with van der Waals surface area (Å²) >= 11 is 0. The number of benzene rings is 2. The maximum absolute atomic E-state index is 12.5. The van der Waals surface area contributed by atoms with Gasteiger partial charge in [-0.3, -0.25) is 4.79 Å². The minimum absolute atomic E-state index is 0.103. The molecule has 0 aliphatic rings. The number of ether oxygens (including phenoxy) is 1. The van der Waals surface area contributed by atoms with Crippen LogP contribution in [0.4, 0.5) is 5.69 Å². The number of phenolic OH excluding ortho intramolecular Hbond substituents is 1. The molecule has 2 aromatic carbocycles. The largest absolute Gasteiger partial charge is 0.507 e. The number of allylic oxidation sites excluding steroid dienone is 3. The molecule has 0 radical (unpaired) electrons. The van der Waals surface area contributed by atoms with Crippen molar-refractivity contribution in [3.05, 3.63) is 84.0 Å². The Morgan fingerprint density at radius 3 is 2.43 bits per heavy atom. The van der Waals surface area contributed by atoms with Crippen molar-refractivity contribution in [3.8, 4) is 11.5 Å². The van der Waals surface area contributed by atoms with Gasteiger partial charge in [0.25, 0.3) is 0 Å². The van der Waals surface area contributed by atoms with E-state index in [0.29, 0.717) is 36.3 Å². The monoisotopic (exact) mass is 377 g/mol. The Bertz CT molecular complexity index is 880. The number of ketones is 1. The zero-order chi connectivity index (χ0) is 20.5. The van der Waals surface area contributed by atoms with Crippen LogP contribution in [-0.4, -0.2) is 24.5 Å². The first kappa shape index (κ1) is 21.0. The van der Waals surface area contributed by atoms with E-state index in [1.165, 1.54) is 6.08 Å². The third kappa shape index (κ3) is 4.92. The average molecular weight is 377 g/mol. The minimum atomic E-state index is -0.103. The van der Waals surface area contributed by atoms with Crippen LogP contribution in [0.2, 0.25) is 0 Å². The number of phenols is 1. The lowest BCUT2D eigenvalue weighted by molar-refractivity contribution is 0.104. The van der Waals surface area contributed by atoms with E-state index in [9.17, 15) is 9.90 Å². The molecule has 4 nitrogen and oxygen atoms in total. The van der Waals surface area contributed by atoms with Gasteiger partial charge >= 0.3 is 0 Å². The summed E-state index contributed by atoms with van der Waals surface area (Å²) in [5.41, 5.74) is 3.70. The number of aromatic hydroxyl groups is 1. The van der Waals surface area contributed by atoms with Crippen LogP contribution in [-0.2, 0) is 12.8 Å². The van der Waals surface area contributed by atoms with Gasteiger partial charge in [0.1, 0.15) is 11.5 Å². The smallest absolute Gasteiger partial charge is 0.185 e. The van der Waals surface area contributed by atoms with E-state index in [1.54, 1.807) is 30.4 Å². The summed E-state index contributed by atoms with van der Waals surface area (Å²) in [5, 5.41) is 13.6. The van der Waals surface area contributed by atoms with Gasteiger partial charge in [-0.05, 0) is 67.8 Å². The summed E-state index contributed by atoms with van der Waals surface area (Å²) in [5.74, 6) is 0.658. The summed E-state index contributed by atoms with van der Waals surface area (Å²) in [6.45, 7) is 9.85. The van der Waals surface area contributed by atoms with Crippen molar-refractivity contribution < 1.29 is 14.6 Å². The number of hydrogen-bond acceptors (Lipinski definition) is 4. The molecule has 28 heavy (non-hydrogen) atoms. The van der Waals surface area contributed by atoms with Crippen molar-refractivity contribution in [2.75, 3.05) is 19.0 Å². The lowest BCUT2D eigenvalue weighted by Gasteiger charge is -2.17. The predicted molar refractivity (Wildman–Crippen MR) is 116 cm³/mol. The Labute approximate surface area is 166 Å². The van der Waals surface area contributed by atoms with Gasteiger partial charge in [-0.15, -0.1) is 13.2 Å². The van der Waals surface area contributed by atoms with Crippen molar-refractivity contribution in [1.29, 1.82) is 0 Å². The van der Waals surface area contributed by atoms with Crippen LogP contribution in [0.1, 0.15) is 34.0 Å². The predicted octanol–water partition coefficient (Wildman–Crippen LogP) is 5.19. The highest BCUT2D eigenvalue weighted by atomic mass is 16.5. The van der Waals surface area contributed by atoms with Crippen LogP contribution in [0.5, 0.6) is 11.5 Å². The van der Waals surface area contributed by atoms with E-state index in [4.69, 9.17) is 4.74 Å². The van der Waals surface area contributed by atoms with Gasteiger partial charge in [0.05, 0.1) is 6.61 Å². The highest BCUT2D eigenvalue weighted by Crippen LogP contribution is 2.37. The highest BCUT2D eigenvalue weighted by Gasteiger charge is 2.16. The molecule has 0 saturated heterocycles. The molecule has 0 spiro atoms. The number of hydrogen-bond donors (Lipinski definition) is 2. The number of carbonyl (C=O) groups excluding carboxylic acids is 1. The molecule has 0 fully saturated rings. The quantitative estimate of drug-likeness (QED) is 0.340. The third-order valence-electron chi connectivity index (χ3n) is 4.33. The summed E-state index contributed by atoms with van der Waals surface area (Å²) < 4.78 is 5.80. The van der Waals surface area contributed by atoms with Crippen LogP contribution in [0, 0.1) is 0 Å². The van der Waals surface area contributed by atoms with Crippen molar-refractivity contribution in [2.45, 2.75) is 19.8 Å². The van der Waals surface area contributed by atoms with Crippen LogP contribution in [0.25, 0.3) is 6.08 Å². The summed E-state index contributed by atoms with van der Waals surface area (Å²) in [4.78, 5) is 12.5. The van der Waals surface area contributed by atoms with E-state index in [2.05, 4.69) is 18.5 Å². The number of nitrogens with one attached hydrogen (secondary N) is 1. The second-order valence-electron chi connectivity index (χ2n) is 6.22. The molecule has 2 aromatic rings. The second-order valence-corrected chi connectivity index (χ2v) is 6.22. The molecule has 0 aromatic heterocycles. The summed E-state index contributed by atoms with van der Waals surface area (Å²) in [7, 11) is 1.83. The molecular formula is C24H27NO3. The molecule has 0 heterocycles. The number of rotatable bonds is 10. The fraction of sp³-hybridized carbons (Fsp3) is 0.208. The molecule has 146 valence electrons. The molecular weight excluding hydrogens is 350 g/mol. The molecule has 0 bridgehead atoms. The van der Waals surface area contributed by atoms with Crippen LogP contribution < -0.4 is 10.1 Å². The van der Waals surface area contributed by atoms with Gasteiger partial charge in [0.15, 0.2) is 5.78 Å². The molecule has 4 heteroatoms. The lowest BCUT2D eigenvalue weighted by Crippen LogP contribution is -2.02. The van der Waals surface area contributed by atoms with Crippen LogP contribution in [0.3, 0.4) is 0 Å². The second kappa shape index (κ2) is 10.2. The summed E-state index contributed by atoms with van der Waals surface area (Å²) in [6, 6.07) is 9.12. The fourth-order valence-corrected chi connectivity index (χ4v) is 2.94. The van der Waals surface area contributed by atoms with Gasteiger partial charge in [0, 0.05) is 29.4 Å². The van der Waals surface area contributed by atoms with Gasteiger partial charge in [-0.2, -0.15) is 0 Å². The Morgan fingerprint density at radius 2 is 1.86 bits per heavy atom. The SMILES string of the molecule is C=CCc1cc(/C=C/C(=O)c2ccc(NC)cc2)c(OCC)c(CC=C)c1O. The zero-order valence-electron chi connectivity index (χ0n) is 16.5. The van der Waals surface area contributed by atoms with Crippen LogP contribution >= 0.6 is 0 Å². The molecule has 0 aliphatic heterocycles. The van der Waals surface area contributed by atoms with E-state index >= 15 is 0 Å². The zero-order valence-corrected chi connectivity index (χ0v) is 16.5. The minimum Gasteiger partial charge on any atom is -0.507 e.